The van der Waals surface area contributed by atoms with Gasteiger partial charge in [0, 0.05) is 12.3 Å². The Morgan fingerprint density at radius 3 is 2.62 bits per heavy atom. The highest BCUT2D eigenvalue weighted by molar-refractivity contribution is 5.80. The van der Waals surface area contributed by atoms with E-state index in [9.17, 15) is 4.79 Å². The van der Waals surface area contributed by atoms with Crippen LogP contribution >= 0.6 is 0 Å². The van der Waals surface area contributed by atoms with Crippen LogP contribution in [0.1, 0.15) is 33.1 Å². The molecule has 0 saturated carbocycles. The normalized spacial score (nSPS) is 12.1. The predicted molar refractivity (Wildman–Crippen MR) is 65.6 cm³/mol. The fraction of sp³-hybridized carbons (Fsp3) is 0.500. The van der Waals surface area contributed by atoms with E-state index >= 15 is 0 Å². The summed E-state index contributed by atoms with van der Waals surface area (Å²) in [7, 11) is 0. The van der Waals surface area contributed by atoms with Crippen molar-refractivity contribution in [2.75, 3.05) is 6.61 Å². The second kappa shape index (κ2) is 7.04. The van der Waals surface area contributed by atoms with Crippen LogP contribution in [0, 0.1) is 5.92 Å². The van der Waals surface area contributed by atoms with Crippen LogP contribution in [-0.2, 0) is 4.79 Å². The second-order valence-corrected chi connectivity index (χ2v) is 4.07. The minimum absolute atomic E-state index is 0.171. The van der Waals surface area contributed by atoms with Crippen LogP contribution in [-0.4, -0.2) is 12.4 Å². The van der Waals surface area contributed by atoms with Gasteiger partial charge >= 0.3 is 0 Å². The van der Waals surface area contributed by atoms with Gasteiger partial charge in [-0.3, -0.25) is 4.79 Å². The van der Waals surface area contributed by atoms with Gasteiger partial charge in [0.1, 0.15) is 11.5 Å². The highest BCUT2D eigenvalue weighted by Crippen LogP contribution is 2.11. The molecule has 0 aromatic heterocycles. The molecule has 2 heteroatoms. The summed E-state index contributed by atoms with van der Waals surface area (Å²) in [6, 6.07) is 9.61. The lowest BCUT2D eigenvalue weighted by Gasteiger charge is -2.09. The largest absolute Gasteiger partial charge is 0.493 e. The number of para-hydroxylation sites is 1. The van der Waals surface area contributed by atoms with Crippen molar-refractivity contribution in [1.29, 1.82) is 0 Å². The molecule has 0 fully saturated rings. The van der Waals surface area contributed by atoms with Crippen LogP contribution in [0.2, 0.25) is 0 Å². The van der Waals surface area contributed by atoms with Gasteiger partial charge in [-0.15, -0.1) is 0 Å². The molecule has 1 aromatic rings. The Kier molecular flexibility index (Phi) is 5.62. The summed E-state index contributed by atoms with van der Waals surface area (Å²) in [5.41, 5.74) is 0. The molecule has 1 atom stereocenters. The zero-order valence-electron chi connectivity index (χ0n) is 10.1. The van der Waals surface area contributed by atoms with E-state index in [0.29, 0.717) is 18.8 Å². The number of Topliss-reactive ketones (excluding diaryl/α,β-unsaturated/α-hetero) is 1. The first-order valence-corrected chi connectivity index (χ1v) is 5.94. The topological polar surface area (TPSA) is 26.3 Å². The molecule has 0 saturated heterocycles. The summed E-state index contributed by atoms with van der Waals surface area (Å²) in [4.78, 5) is 11.6. The van der Waals surface area contributed by atoms with Crippen LogP contribution in [0.5, 0.6) is 5.75 Å². The van der Waals surface area contributed by atoms with Gasteiger partial charge in [-0.05, 0) is 18.6 Å². The number of benzene rings is 1. The molecule has 1 unspecified atom stereocenters. The minimum Gasteiger partial charge on any atom is -0.493 e. The minimum atomic E-state index is 0.171. The molecule has 0 spiro atoms. The lowest BCUT2D eigenvalue weighted by Crippen LogP contribution is -2.14. The third kappa shape index (κ3) is 4.47. The molecule has 0 bridgehead atoms. The smallest absolute Gasteiger partial charge is 0.139 e. The second-order valence-electron chi connectivity index (χ2n) is 4.07. The number of ketones is 1. The van der Waals surface area contributed by atoms with Crippen molar-refractivity contribution in [3.63, 3.8) is 0 Å². The Hall–Kier alpha value is -1.31. The molecule has 0 amide bonds. The standard InChI is InChI=1S/C14H20O2/c1-3-7-12(2)14(15)10-11-16-13-8-5-4-6-9-13/h4-6,8-9,12H,3,7,10-11H2,1-2H3. The molecular formula is C14H20O2. The number of rotatable bonds is 7. The Morgan fingerprint density at radius 1 is 1.31 bits per heavy atom. The van der Waals surface area contributed by atoms with Gasteiger partial charge in [0.15, 0.2) is 0 Å². The molecule has 0 radical (unpaired) electrons. The van der Waals surface area contributed by atoms with Gasteiger partial charge < -0.3 is 4.74 Å². The van der Waals surface area contributed by atoms with Crippen LogP contribution in [0.4, 0.5) is 0 Å². The van der Waals surface area contributed by atoms with Crippen LogP contribution in [0.25, 0.3) is 0 Å². The highest BCUT2D eigenvalue weighted by atomic mass is 16.5. The monoisotopic (exact) mass is 220 g/mol. The lowest BCUT2D eigenvalue weighted by molar-refractivity contribution is -0.123. The summed E-state index contributed by atoms with van der Waals surface area (Å²) in [5, 5.41) is 0. The first-order chi connectivity index (χ1) is 7.74. The van der Waals surface area contributed by atoms with E-state index in [-0.39, 0.29) is 5.92 Å². The Morgan fingerprint density at radius 2 is 2.00 bits per heavy atom. The van der Waals surface area contributed by atoms with E-state index < -0.39 is 0 Å². The number of carbonyl (C=O) groups is 1. The van der Waals surface area contributed by atoms with Crippen LogP contribution in [0.3, 0.4) is 0 Å². The maximum Gasteiger partial charge on any atom is 0.139 e. The highest BCUT2D eigenvalue weighted by Gasteiger charge is 2.11. The molecule has 0 aliphatic carbocycles. The zero-order chi connectivity index (χ0) is 11.8. The van der Waals surface area contributed by atoms with Gasteiger partial charge in [0.2, 0.25) is 0 Å². The fourth-order valence-corrected chi connectivity index (χ4v) is 1.63. The summed E-state index contributed by atoms with van der Waals surface area (Å²) < 4.78 is 5.48. The Bertz CT molecular complexity index is 306. The summed E-state index contributed by atoms with van der Waals surface area (Å²) in [6.07, 6.45) is 2.55. The summed E-state index contributed by atoms with van der Waals surface area (Å²) in [6.45, 7) is 4.58. The van der Waals surface area contributed by atoms with Gasteiger partial charge in [-0.2, -0.15) is 0 Å². The van der Waals surface area contributed by atoms with Crippen molar-refractivity contribution in [3.05, 3.63) is 30.3 Å². The van der Waals surface area contributed by atoms with Crippen molar-refractivity contribution in [2.24, 2.45) is 5.92 Å². The maximum atomic E-state index is 11.6. The Labute approximate surface area is 97.6 Å². The van der Waals surface area contributed by atoms with Gasteiger partial charge in [-0.1, -0.05) is 38.5 Å². The predicted octanol–water partition coefficient (Wildman–Crippen LogP) is 3.46. The number of carbonyl (C=O) groups excluding carboxylic acids is 1. The van der Waals surface area contributed by atoms with E-state index in [0.717, 1.165) is 18.6 Å². The Balaban J connectivity index is 2.23. The van der Waals surface area contributed by atoms with E-state index in [1.165, 1.54) is 0 Å². The van der Waals surface area contributed by atoms with Crippen LogP contribution in [0.15, 0.2) is 30.3 Å². The molecule has 0 aliphatic heterocycles. The fourth-order valence-electron chi connectivity index (χ4n) is 1.63. The van der Waals surface area contributed by atoms with Crippen molar-refractivity contribution in [3.8, 4) is 5.75 Å². The average molecular weight is 220 g/mol. The quantitative estimate of drug-likeness (QED) is 0.703. The molecule has 0 N–H and O–H groups in total. The number of hydrogen-bond donors (Lipinski definition) is 0. The molecule has 88 valence electrons. The van der Waals surface area contributed by atoms with Gasteiger partial charge in [0.05, 0.1) is 6.61 Å². The maximum absolute atomic E-state index is 11.6. The van der Waals surface area contributed by atoms with E-state index in [2.05, 4.69) is 6.92 Å². The molecule has 1 rings (SSSR count). The third-order valence-electron chi connectivity index (χ3n) is 2.63. The SMILES string of the molecule is CCCC(C)C(=O)CCOc1ccccc1. The van der Waals surface area contributed by atoms with Crippen molar-refractivity contribution in [1.82, 2.24) is 0 Å². The molecular weight excluding hydrogens is 200 g/mol. The first kappa shape index (κ1) is 12.8. The number of ether oxygens (including phenoxy) is 1. The van der Waals surface area contributed by atoms with Crippen molar-refractivity contribution < 1.29 is 9.53 Å². The molecule has 16 heavy (non-hydrogen) atoms. The van der Waals surface area contributed by atoms with Gasteiger partial charge in [0.25, 0.3) is 0 Å². The van der Waals surface area contributed by atoms with E-state index in [1.54, 1.807) is 0 Å². The molecule has 1 aromatic carbocycles. The average Bonchev–Trinajstić information content (AvgIpc) is 2.30. The van der Waals surface area contributed by atoms with E-state index in [4.69, 9.17) is 4.74 Å². The van der Waals surface area contributed by atoms with Crippen LogP contribution < -0.4 is 4.74 Å². The van der Waals surface area contributed by atoms with E-state index in [1.807, 2.05) is 37.3 Å². The molecule has 0 heterocycles. The molecule has 0 aliphatic rings. The molecule has 2 nitrogen and oxygen atoms in total. The number of hydrogen-bond acceptors (Lipinski definition) is 2. The third-order valence-corrected chi connectivity index (χ3v) is 2.63. The lowest BCUT2D eigenvalue weighted by atomic mass is 9.99. The zero-order valence-corrected chi connectivity index (χ0v) is 10.1. The summed E-state index contributed by atoms with van der Waals surface area (Å²) in [5.74, 6) is 1.31. The summed E-state index contributed by atoms with van der Waals surface area (Å²) >= 11 is 0. The van der Waals surface area contributed by atoms with Crippen molar-refractivity contribution in [2.45, 2.75) is 33.1 Å². The van der Waals surface area contributed by atoms with Gasteiger partial charge in [-0.25, -0.2) is 0 Å². The van der Waals surface area contributed by atoms with Crippen molar-refractivity contribution >= 4 is 5.78 Å². The first-order valence-electron chi connectivity index (χ1n) is 5.94.